The van der Waals surface area contributed by atoms with Gasteiger partial charge in [0, 0.05) is 31.3 Å². The minimum Gasteiger partial charge on any atom is -0.492 e. The highest BCUT2D eigenvalue weighted by Crippen LogP contribution is 2.22. The number of rotatable bonds is 7. The van der Waals surface area contributed by atoms with Crippen molar-refractivity contribution in [3.05, 3.63) is 23.5 Å². The third-order valence-electron chi connectivity index (χ3n) is 2.77. The largest absolute Gasteiger partial charge is 0.492 e. The van der Waals surface area contributed by atoms with Crippen LogP contribution in [0.2, 0.25) is 0 Å². The van der Waals surface area contributed by atoms with E-state index in [4.69, 9.17) is 9.84 Å². The Morgan fingerprint density at radius 1 is 1.47 bits per heavy atom. The molecule has 0 amide bonds. The van der Waals surface area contributed by atoms with Crippen LogP contribution in [0.3, 0.4) is 0 Å². The van der Waals surface area contributed by atoms with Crippen molar-refractivity contribution >= 4 is 0 Å². The van der Waals surface area contributed by atoms with Crippen LogP contribution in [0.15, 0.2) is 12.1 Å². The molecule has 4 nitrogen and oxygen atoms in total. The fraction of sp³-hybridized carbons (Fsp3) is 0.615. The minimum absolute atomic E-state index is 0.162. The Hall–Kier alpha value is -1.13. The Morgan fingerprint density at radius 2 is 2.29 bits per heavy atom. The fourth-order valence-electron chi connectivity index (χ4n) is 1.63. The summed E-state index contributed by atoms with van der Waals surface area (Å²) >= 11 is 0. The molecule has 2 N–H and O–H groups in total. The number of aliphatic hydroxyl groups excluding tert-OH is 1. The highest BCUT2D eigenvalue weighted by Gasteiger charge is 2.21. The number of ether oxygens (including phenoxy) is 1. The second-order valence-corrected chi connectivity index (χ2v) is 4.48. The SMILES string of the molecule is Cc1ccc(OCCCO)c(CNC2CC2)n1. The van der Waals surface area contributed by atoms with Gasteiger partial charge in [-0.1, -0.05) is 0 Å². The molecule has 0 aliphatic heterocycles. The lowest BCUT2D eigenvalue weighted by atomic mass is 10.2. The molecule has 0 atom stereocenters. The van der Waals surface area contributed by atoms with E-state index in [0.29, 0.717) is 19.1 Å². The van der Waals surface area contributed by atoms with Crippen molar-refractivity contribution in [2.45, 2.75) is 38.8 Å². The number of aliphatic hydroxyl groups is 1. The number of aryl methyl sites for hydroxylation is 1. The van der Waals surface area contributed by atoms with E-state index in [2.05, 4.69) is 10.3 Å². The van der Waals surface area contributed by atoms with Gasteiger partial charge in [-0.25, -0.2) is 0 Å². The first-order chi connectivity index (χ1) is 8.29. The summed E-state index contributed by atoms with van der Waals surface area (Å²) in [7, 11) is 0. The molecule has 1 heterocycles. The average molecular weight is 236 g/mol. The molecule has 2 rings (SSSR count). The van der Waals surface area contributed by atoms with Crippen LogP contribution in [0.1, 0.15) is 30.7 Å². The van der Waals surface area contributed by atoms with E-state index >= 15 is 0 Å². The van der Waals surface area contributed by atoms with Crippen LogP contribution >= 0.6 is 0 Å². The first-order valence-electron chi connectivity index (χ1n) is 6.23. The summed E-state index contributed by atoms with van der Waals surface area (Å²) in [5, 5.41) is 12.2. The molecule has 1 saturated carbocycles. The summed E-state index contributed by atoms with van der Waals surface area (Å²) in [6.07, 6.45) is 3.20. The predicted octanol–water partition coefficient (Wildman–Crippen LogP) is 1.40. The van der Waals surface area contributed by atoms with Crippen molar-refractivity contribution in [3.8, 4) is 5.75 Å². The van der Waals surface area contributed by atoms with Crippen LogP contribution in [0.25, 0.3) is 0 Å². The molecule has 1 aliphatic rings. The van der Waals surface area contributed by atoms with Crippen LogP contribution in [0.4, 0.5) is 0 Å². The molecule has 1 aromatic heterocycles. The molecular formula is C13H20N2O2. The molecule has 17 heavy (non-hydrogen) atoms. The molecule has 1 fully saturated rings. The number of aromatic nitrogens is 1. The molecule has 94 valence electrons. The van der Waals surface area contributed by atoms with Crippen molar-refractivity contribution in [3.63, 3.8) is 0 Å². The number of nitrogens with zero attached hydrogens (tertiary/aromatic N) is 1. The zero-order valence-electron chi connectivity index (χ0n) is 10.3. The Morgan fingerprint density at radius 3 is 3.00 bits per heavy atom. The van der Waals surface area contributed by atoms with Gasteiger partial charge in [-0.05, 0) is 31.9 Å². The van der Waals surface area contributed by atoms with Gasteiger partial charge in [0.1, 0.15) is 5.75 Å². The third-order valence-corrected chi connectivity index (χ3v) is 2.77. The zero-order valence-corrected chi connectivity index (χ0v) is 10.3. The quantitative estimate of drug-likeness (QED) is 0.703. The van der Waals surface area contributed by atoms with Gasteiger partial charge in [-0.15, -0.1) is 0 Å². The molecule has 0 bridgehead atoms. The number of nitrogens with one attached hydrogen (secondary N) is 1. The van der Waals surface area contributed by atoms with Gasteiger partial charge in [0.2, 0.25) is 0 Å². The molecule has 0 aromatic carbocycles. The van der Waals surface area contributed by atoms with E-state index in [1.54, 1.807) is 0 Å². The zero-order chi connectivity index (χ0) is 12.1. The van der Waals surface area contributed by atoms with E-state index in [1.807, 2.05) is 19.1 Å². The standard InChI is InChI=1S/C13H20N2O2/c1-10-3-6-13(17-8-2-7-16)12(15-10)9-14-11-4-5-11/h3,6,11,14,16H,2,4-5,7-9H2,1H3. The normalized spacial score (nSPS) is 14.9. The maximum atomic E-state index is 8.73. The summed E-state index contributed by atoms with van der Waals surface area (Å²) in [4.78, 5) is 4.50. The molecule has 4 heteroatoms. The average Bonchev–Trinajstić information content (AvgIpc) is 3.13. The molecule has 0 unspecified atom stereocenters. The maximum absolute atomic E-state index is 8.73. The molecule has 1 aliphatic carbocycles. The first kappa shape index (κ1) is 12.3. The van der Waals surface area contributed by atoms with Gasteiger partial charge in [-0.2, -0.15) is 0 Å². The lowest BCUT2D eigenvalue weighted by Crippen LogP contribution is -2.17. The van der Waals surface area contributed by atoms with E-state index < -0.39 is 0 Å². The second-order valence-electron chi connectivity index (χ2n) is 4.48. The van der Waals surface area contributed by atoms with Crippen LogP contribution in [-0.4, -0.2) is 29.3 Å². The summed E-state index contributed by atoms with van der Waals surface area (Å²) in [6.45, 7) is 3.45. The highest BCUT2D eigenvalue weighted by atomic mass is 16.5. The molecule has 0 spiro atoms. The smallest absolute Gasteiger partial charge is 0.142 e. The lowest BCUT2D eigenvalue weighted by molar-refractivity contribution is 0.231. The predicted molar refractivity (Wildman–Crippen MR) is 66.0 cm³/mol. The second kappa shape index (κ2) is 5.98. The topological polar surface area (TPSA) is 54.4 Å². The summed E-state index contributed by atoms with van der Waals surface area (Å²) < 4.78 is 5.62. The Labute approximate surface area is 102 Å². The Kier molecular flexibility index (Phi) is 4.34. The van der Waals surface area contributed by atoms with E-state index in [9.17, 15) is 0 Å². The monoisotopic (exact) mass is 236 g/mol. The third kappa shape index (κ3) is 3.98. The molecule has 0 radical (unpaired) electrons. The van der Waals surface area contributed by atoms with Gasteiger partial charge in [0.25, 0.3) is 0 Å². The van der Waals surface area contributed by atoms with Gasteiger partial charge < -0.3 is 15.2 Å². The first-order valence-corrected chi connectivity index (χ1v) is 6.23. The van der Waals surface area contributed by atoms with Crippen LogP contribution in [0, 0.1) is 6.92 Å². The Balaban J connectivity index is 1.95. The van der Waals surface area contributed by atoms with Gasteiger partial charge >= 0.3 is 0 Å². The number of pyridine rings is 1. The van der Waals surface area contributed by atoms with E-state index in [-0.39, 0.29) is 6.61 Å². The highest BCUT2D eigenvalue weighted by molar-refractivity contribution is 5.29. The van der Waals surface area contributed by atoms with Crippen LogP contribution in [-0.2, 0) is 6.54 Å². The number of hydrogen-bond donors (Lipinski definition) is 2. The van der Waals surface area contributed by atoms with Gasteiger partial charge in [0.15, 0.2) is 0 Å². The lowest BCUT2D eigenvalue weighted by Gasteiger charge is -2.11. The summed E-state index contributed by atoms with van der Waals surface area (Å²) in [5.74, 6) is 0.831. The van der Waals surface area contributed by atoms with Crippen molar-refractivity contribution in [2.24, 2.45) is 0 Å². The van der Waals surface area contributed by atoms with Crippen LogP contribution < -0.4 is 10.1 Å². The number of hydrogen-bond acceptors (Lipinski definition) is 4. The van der Waals surface area contributed by atoms with E-state index in [1.165, 1.54) is 12.8 Å². The Bertz CT molecular complexity index is 364. The molecular weight excluding hydrogens is 216 g/mol. The van der Waals surface area contributed by atoms with E-state index in [0.717, 1.165) is 23.7 Å². The summed E-state index contributed by atoms with van der Waals surface area (Å²) in [5.41, 5.74) is 1.97. The van der Waals surface area contributed by atoms with Crippen LogP contribution in [0.5, 0.6) is 5.75 Å². The molecule has 0 saturated heterocycles. The van der Waals surface area contributed by atoms with Crippen molar-refractivity contribution in [2.75, 3.05) is 13.2 Å². The fourth-order valence-corrected chi connectivity index (χ4v) is 1.63. The van der Waals surface area contributed by atoms with Crippen molar-refractivity contribution in [1.82, 2.24) is 10.3 Å². The van der Waals surface area contributed by atoms with Crippen molar-refractivity contribution in [1.29, 1.82) is 0 Å². The van der Waals surface area contributed by atoms with Crippen molar-refractivity contribution < 1.29 is 9.84 Å². The minimum atomic E-state index is 0.162. The molecule has 1 aromatic rings. The van der Waals surface area contributed by atoms with Gasteiger partial charge in [0.05, 0.1) is 12.3 Å². The van der Waals surface area contributed by atoms with Gasteiger partial charge in [-0.3, -0.25) is 4.98 Å². The summed E-state index contributed by atoms with van der Waals surface area (Å²) in [6, 6.07) is 4.58. The maximum Gasteiger partial charge on any atom is 0.142 e.